The fraction of sp³-hybridized carbons (Fsp3) is 0.235. The molecule has 21 heavy (non-hydrogen) atoms. The summed E-state index contributed by atoms with van der Waals surface area (Å²) in [5.74, 6) is -0.788. The largest absolute Gasteiger partial charge is 0.326 e. The molecule has 0 fully saturated rings. The maximum atomic E-state index is 14.1. The van der Waals surface area contributed by atoms with Crippen LogP contribution in [0.2, 0.25) is 0 Å². The van der Waals surface area contributed by atoms with Crippen LogP contribution in [-0.4, -0.2) is 18.0 Å². The highest BCUT2D eigenvalue weighted by atomic mass is 19.1. The number of anilines is 1. The summed E-state index contributed by atoms with van der Waals surface area (Å²) < 4.78 is 14.1. The van der Waals surface area contributed by atoms with Gasteiger partial charge in [-0.3, -0.25) is 4.79 Å². The Hall–Kier alpha value is -2.20. The van der Waals surface area contributed by atoms with Crippen molar-refractivity contribution in [1.29, 1.82) is 0 Å². The minimum Gasteiger partial charge on any atom is -0.326 e. The SMILES string of the molecule is C[C@H](N)C1Cc2cccc(F)c2C(=O)N1c1ccccc1. The van der Waals surface area contributed by atoms with Crippen LogP contribution in [-0.2, 0) is 6.42 Å². The van der Waals surface area contributed by atoms with Gasteiger partial charge in [0.25, 0.3) is 5.91 Å². The normalized spacial score (nSPS) is 19.3. The third-order valence-corrected chi connectivity index (χ3v) is 3.93. The van der Waals surface area contributed by atoms with Crippen LogP contribution >= 0.6 is 0 Å². The molecule has 0 saturated heterocycles. The molecule has 1 amide bonds. The van der Waals surface area contributed by atoms with Gasteiger partial charge in [0.2, 0.25) is 0 Å². The first-order valence-corrected chi connectivity index (χ1v) is 7.01. The summed E-state index contributed by atoms with van der Waals surface area (Å²) in [7, 11) is 0. The summed E-state index contributed by atoms with van der Waals surface area (Å²) in [6, 6.07) is 13.7. The Labute approximate surface area is 123 Å². The Kier molecular flexibility index (Phi) is 3.47. The molecule has 1 aliphatic heterocycles. The van der Waals surface area contributed by atoms with Gasteiger partial charge in [0.1, 0.15) is 5.82 Å². The summed E-state index contributed by atoms with van der Waals surface area (Å²) in [4.78, 5) is 14.4. The Balaban J connectivity index is 2.14. The standard InChI is InChI=1S/C17H17FN2O/c1-11(19)15-10-12-6-5-9-14(18)16(12)17(21)20(15)13-7-3-2-4-8-13/h2-9,11,15H,10,19H2,1H3/t11-,15?/m0/s1. The molecule has 2 N–H and O–H groups in total. The summed E-state index contributed by atoms with van der Waals surface area (Å²) in [5, 5.41) is 0. The van der Waals surface area contributed by atoms with Crippen molar-refractivity contribution in [2.24, 2.45) is 5.73 Å². The fourth-order valence-corrected chi connectivity index (χ4v) is 2.88. The van der Waals surface area contributed by atoms with Crippen molar-refractivity contribution in [3.63, 3.8) is 0 Å². The van der Waals surface area contributed by atoms with Gasteiger partial charge in [-0.25, -0.2) is 4.39 Å². The number of amides is 1. The van der Waals surface area contributed by atoms with E-state index in [1.54, 1.807) is 17.0 Å². The molecule has 0 radical (unpaired) electrons. The Bertz CT molecular complexity index is 670. The molecule has 108 valence electrons. The first-order chi connectivity index (χ1) is 10.1. The number of hydrogen-bond acceptors (Lipinski definition) is 2. The van der Waals surface area contributed by atoms with E-state index in [9.17, 15) is 9.18 Å². The molecular weight excluding hydrogens is 267 g/mol. The summed E-state index contributed by atoms with van der Waals surface area (Å²) in [5.41, 5.74) is 7.71. The summed E-state index contributed by atoms with van der Waals surface area (Å²) in [6.45, 7) is 1.87. The van der Waals surface area contributed by atoms with Gasteiger partial charge in [-0.1, -0.05) is 30.3 Å². The summed E-state index contributed by atoms with van der Waals surface area (Å²) >= 11 is 0. The summed E-state index contributed by atoms with van der Waals surface area (Å²) in [6.07, 6.45) is 0.561. The zero-order chi connectivity index (χ0) is 15.0. The average molecular weight is 284 g/mol. The molecule has 2 aromatic rings. The van der Waals surface area contributed by atoms with Crippen LogP contribution in [0.15, 0.2) is 48.5 Å². The van der Waals surface area contributed by atoms with Gasteiger partial charge in [0, 0.05) is 11.7 Å². The predicted molar refractivity (Wildman–Crippen MR) is 80.8 cm³/mol. The molecule has 2 atom stereocenters. The highest BCUT2D eigenvalue weighted by Crippen LogP contribution is 2.30. The van der Waals surface area contributed by atoms with Gasteiger partial charge in [0.05, 0.1) is 11.6 Å². The first kappa shape index (κ1) is 13.8. The van der Waals surface area contributed by atoms with Crippen molar-refractivity contribution >= 4 is 11.6 Å². The smallest absolute Gasteiger partial charge is 0.261 e. The second-order valence-corrected chi connectivity index (χ2v) is 5.42. The number of benzene rings is 2. The zero-order valence-electron chi connectivity index (χ0n) is 11.8. The number of nitrogens with two attached hydrogens (primary N) is 1. The quantitative estimate of drug-likeness (QED) is 0.921. The van der Waals surface area contributed by atoms with E-state index in [1.807, 2.05) is 37.3 Å². The topological polar surface area (TPSA) is 46.3 Å². The molecule has 1 heterocycles. The predicted octanol–water partition coefficient (Wildman–Crippen LogP) is 2.74. The van der Waals surface area contributed by atoms with Crippen molar-refractivity contribution in [2.45, 2.75) is 25.4 Å². The lowest BCUT2D eigenvalue weighted by atomic mass is 9.89. The maximum absolute atomic E-state index is 14.1. The van der Waals surface area contributed by atoms with Gasteiger partial charge < -0.3 is 10.6 Å². The molecule has 3 rings (SSSR count). The number of halogens is 1. The van der Waals surface area contributed by atoms with Gasteiger partial charge in [-0.05, 0) is 37.1 Å². The van der Waals surface area contributed by atoms with E-state index >= 15 is 0 Å². The molecule has 4 heteroatoms. The third-order valence-electron chi connectivity index (χ3n) is 3.93. The average Bonchev–Trinajstić information content (AvgIpc) is 2.47. The molecule has 3 nitrogen and oxygen atoms in total. The van der Waals surface area contributed by atoms with E-state index in [-0.39, 0.29) is 23.6 Å². The lowest BCUT2D eigenvalue weighted by molar-refractivity contribution is 0.0959. The van der Waals surface area contributed by atoms with E-state index in [0.717, 1.165) is 11.3 Å². The van der Waals surface area contributed by atoms with Crippen LogP contribution < -0.4 is 10.6 Å². The van der Waals surface area contributed by atoms with Crippen molar-refractivity contribution in [2.75, 3.05) is 4.90 Å². The first-order valence-electron chi connectivity index (χ1n) is 7.01. The minimum atomic E-state index is -0.471. The highest BCUT2D eigenvalue weighted by Gasteiger charge is 2.36. The molecule has 0 aliphatic carbocycles. The van der Waals surface area contributed by atoms with E-state index < -0.39 is 5.82 Å². The number of fused-ring (bicyclic) bond motifs is 1. The second kappa shape index (κ2) is 5.30. The van der Waals surface area contributed by atoms with Crippen molar-refractivity contribution in [3.05, 3.63) is 65.5 Å². The van der Waals surface area contributed by atoms with Crippen LogP contribution in [0.1, 0.15) is 22.8 Å². The second-order valence-electron chi connectivity index (χ2n) is 5.42. The number of hydrogen-bond donors (Lipinski definition) is 1. The van der Waals surface area contributed by atoms with Gasteiger partial charge in [-0.15, -0.1) is 0 Å². The van der Waals surface area contributed by atoms with E-state index in [0.29, 0.717) is 6.42 Å². The number of rotatable bonds is 2. The van der Waals surface area contributed by atoms with Crippen molar-refractivity contribution in [1.82, 2.24) is 0 Å². The molecule has 1 unspecified atom stereocenters. The van der Waals surface area contributed by atoms with Gasteiger partial charge in [-0.2, -0.15) is 0 Å². The molecule has 0 spiro atoms. The molecule has 1 aliphatic rings. The van der Waals surface area contributed by atoms with Crippen LogP contribution in [0, 0.1) is 5.82 Å². The molecule has 0 bridgehead atoms. The number of nitrogens with zero attached hydrogens (tertiary/aromatic N) is 1. The van der Waals surface area contributed by atoms with E-state index in [1.165, 1.54) is 6.07 Å². The van der Waals surface area contributed by atoms with Crippen molar-refractivity contribution in [3.8, 4) is 0 Å². The number of para-hydroxylation sites is 1. The van der Waals surface area contributed by atoms with Crippen molar-refractivity contribution < 1.29 is 9.18 Å². The molecule has 2 aromatic carbocycles. The monoisotopic (exact) mass is 284 g/mol. The highest BCUT2D eigenvalue weighted by molar-refractivity contribution is 6.09. The van der Waals surface area contributed by atoms with E-state index in [4.69, 9.17) is 5.73 Å². The van der Waals surface area contributed by atoms with E-state index in [2.05, 4.69) is 0 Å². The van der Waals surface area contributed by atoms with Crippen LogP contribution in [0.4, 0.5) is 10.1 Å². The third kappa shape index (κ3) is 2.32. The minimum absolute atomic E-state index is 0.165. The fourth-order valence-electron chi connectivity index (χ4n) is 2.88. The molecule has 0 saturated carbocycles. The van der Waals surface area contributed by atoms with Crippen LogP contribution in [0.3, 0.4) is 0 Å². The maximum Gasteiger partial charge on any atom is 0.261 e. The Morgan fingerprint density at radius 1 is 1.19 bits per heavy atom. The van der Waals surface area contributed by atoms with Gasteiger partial charge >= 0.3 is 0 Å². The number of carbonyl (C=O) groups excluding carboxylic acids is 1. The molecule has 0 aromatic heterocycles. The Morgan fingerprint density at radius 3 is 2.57 bits per heavy atom. The lowest BCUT2D eigenvalue weighted by Crippen LogP contribution is -2.54. The van der Waals surface area contributed by atoms with Gasteiger partial charge in [0.15, 0.2) is 0 Å². The Morgan fingerprint density at radius 2 is 1.90 bits per heavy atom. The van der Waals surface area contributed by atoms with Crippen LogP contribution in [0.25, 0.3) is 0 Å². The molecular formula is C17H17FN2O. The lowest BCUT2D eigenvalue weighted by Gasteiger charge is -2.38. The number of carbonyl (C=O) groups is 1. The van der Waals surface area contributed by atoms with Crippen LogP contribution in [0.5, 0.6) is 0 Å². The zero-order valence-corrected chi connectivity index (χ0v) is 11.8.